The van der Waals surface area contributed by atoms with Gasteiger partial charge >= 0.3 is 0 Å². The minimum atomic E-state index is 0.671. The van der Waals surface area contributed by atoms with Crippen LogP contribution in [-0.4, -0.2) is 61.7 Å². The van der Waals surface area contributed by atoms with Crippen LogP contribution in [0.3, 0.4) is 0 Å². The molecule has 3 heteroatoms. The number of hydrogen-bond donors (Lipinski definition) is 1. The van der Waals surface area contributed by atoms with E-state index in [0.29, 0.717) is 6.04 Å². The standard InChI is InChI=1S/C16H35N3/c1-6-12-17-15-8-10-16(11-9-15)19(7-2)14(3)13-18(4)5/h14-17H,6-13H2,1-5H3. The molecule has 0 radical (unpaired) electrons. The Hall–Kier alpha value is -0.120. The van der Waals surface area contributed by atoms with Crippen molar-refractivity contribution in [3.05, 3.63) is 0 Å². The van der Waals surface area contributed by atoms with Gasteiger partial charge in [0, 0.05) is 24.7 Å². The van der Waals surface area contributed by atoms with Gasteiger partial charge in [0.2, 0.25) is 0 Å². The minimum Gasteiger partial charge on any atom is -0.314 e. The molecule has 0 saturated heterocycles. The van der Waals surface area contributed by atoms with Gasteiger partial charge in [-0.3, -0.25) is 4.90 Å². The van der Waals surface area contributed by atoms with Gasteiger partial charge in [0.25, 0.3) is 0 Å². The SMILES string of the molecule is CCCNC1CCC(N(CC)C(C)CN(C)C)CC1. The molecule has 0 bridgehead atoms. The van der Waals surface area contributed by atoms with Crippen LogP contribution >= 0.6 is 0 Å². The van der Waals surface area contributed by atoms with Crippen LogP contribution < -0.4 is 5.32 Å². The summed E-state index contributed by atoms with van der Waals surface area (Å²) >= 11 is 0. The third-order valence-corrected chi connectivity index (χ3v) is 4.41. The Morgan fingerprint density at radius 1 is 1.11 bits per heavy atom. The van der Waals surface area contributed by atoms with E-state index in [2.05, 4.69) is 50.0 Å². The van der Waals surface area contributed by atoms with Crippen molar-refractivity contribution in [3.8, 4) is 0 Å². The Morgan fingerprint density at radius 2 is 1.74 bits per heavy atom. The molecule has 0 aliphatic heterocycles. The van der Waals surface area contributed by atoms with Crippen molar-refractivity contribution in [2.75, 3.05) is 33.7 Å². The van der Waals surface area contributed by atoms with Gasteiger partial charge in [0.1, 0.15) is 0 Å². The highest BCUT2D eigenvalue weighted by Gasteiger charge is 2.27. The van der Waals surface area contributed by atoms with E-state index >= 15 is 0 Å². The molecule has 3 nitrogen and oxygen atoms in total. The van der Waals surface area contributed by atoms with Crippen LogP contribution in [0.15, 0.2) is 0 Å². The van der Waals surface area contributed by atoms with Crippen LogP contribution in [0.2, 0.25) is 0 Å². The summed E-state index contributed by atoms with van der Waals surface area (Å²) in [6, 6.07) is 2.25. The highest BCUT2D eigenvalue weighted by molar-refractivity contribution is 4.85. The molecule has 1 aliphatic rings. The number of likely N-dealkylation sites (N-methyl/N-ethyl adjacent to an activating group) is 2. The maximum Gasteiger partial charge on any atom is 0.0197 e. The second kappa shape index (κ2) is 8.93. The number of nitrogens with one attached hydrogen (secondary N) is 1. The van der Waals surface area contributed by atoms with Crippen LogP contribution in [-0.2, 0) is 0 Å². The van der Waals surface area contributed by atoms with Crippen molar-refractivity contribution >= 4 is 0 Å². The van der Waals surface area contributed by atoms with E-state index < -0.39 is 0 Å². The first kappa shape index (κ1) is 16.9. The summed E-state index contributed by atoms with van der Waals surface area (Å²) in [5.74, 6) is 0. The lowest BCUT2D eigenvalue weighted by molar-refractivity contribution is 0.0944. The van der Waals surface area contributed by atoms with Gasteiger partial charge in [-0.1, -0.05) is 13.8 Å². The zero-order chi connectivity index (χ0) is 14.3. The maximum atomic E-state index is 3.68. The number of nitrogens with zero attached hydrogens (tertiary/aromatic N) is 2. The molecule has 19 heavy (non-hydrogen) atoms. The topological polar surface area (TPSA) is 18.5 Å². The van der Waals surface area contributed by atoms with Crippen LogP contribution in [0.25, 0.3) is 0 Å². The van der Waals surface area contributed by atoms with E-state index in [0.717, 1.165) is 12.1 Å². The largest absolute Gasteiger partial charge is 0.314 e. The smallest absolute Gasteiger partial charge is 0.0197 e. The van der Waals surface area contributed by atoms with Crippen molar-refractivity contribution in [1.29, 1.82) is 0 Å². The van der Waals surface area contributed by atoms with Gasteiger partial charge < -0.3 is 10.2 Å². The second-order valence-electron chi connectivity index (χ2n) is 6.40. The van der Waals surface area contributed by atoms with Crippen LogP contribution in [0, 0.1) is 0 Å². The molecule has 0 spiro atoms. The molecule has 114 valence electrons. The van der Waals surface area contributed by atoms with E-state index in [4.69, 9.17) is 0 Å². The summed E-state index contributed by atoms with van der Waals surface area (Å²) in [6.45, 7) is 10.5. The molecule has 1 fully saturated rings. The number of hydrogen-bond acceptors (Lipinski definition) is 3. The Kier molecular flexibility index (Phi) is 7.96. The van der Waals surface area contributed by atoms with Gasteiger partial charge in [0.15, 0.2) is 0 Å². The molecule has 1 saturated carbocycles. The highest BCUT2D eigenvalue weighted by atomic mass is 15.2. The van der Waals surface area contributed by atoms with Crippen LogP contribution in [0.1, 0.15) is 52.9 Å². The fourth-order valence-corrected chi connectivity index (χ4v) is 3.52. The molecule has 1 atom stereocenters. The zero-order valence-electron chi connectivity index (χ0n) is 13.8. The molecule has 0 amide bonds. The van der Waals surface area contributed by atoms with E-state index in [-0.39, 0.29) is 0 Å². The van der Waals surface area contributed by atoms with Gasteiger partial charge in [-0.25, -0.2) is 0 Å². The molecule has 1 unspecified atom stereocenters. The average molecular weight is 269 g/mol. The summed E-state index contributed by atoms with van der Waals surface area (Å²) < 4.78 is 0. The Balaban J connectivity index is 2.38. The van der Waals surface area contributed by atoms with Gasteiger partial charge in [-0.05, 0) is 66.2 Å². The lowest BCUT2D eigenvalue weighted by atomic mass is 9.89. The summed E-state index contributed by atoms with van der Waals surface area (Å²) in [4.78, 5) is 5.03. The maximum absolute atomic E-state index is 3.68. The lowest BCUT2D eigenvalue weighted by Gasteiger charge is -2.40. The quantitative estimate of drug-likeness (QED) is 0.730. The summed E-state index contributed by atoms with van der Waals surface area (Å²) in [6.07, 6.45) is 6.70. The zero-order valence-corrected chi connectivity index (χ0v) is 13.8. The summed E-state index contributed by atoms with van der Waals surface area (Å²) in [5, 5.41) is 3.68. The predicted molar refractivity (Wildman–Crippen MR) is 84.7 cm³/mol. The van der Waals surface area contributed by atoms with E-state index in [1.807, 2.05) is 0 Å². The van der Waals surface area contributed by atoms with Gasteiger partial charge in [-0.2, -0.15) is 0 Å². The highest BCUT2D eigenvalue weighted by Crippen LogP contribution is 2.24. The first-order valence-electron chi connectivity index (χ1n) is 8.22. The molecule has 1 aliphatic carbocycles. The summed E-state index contributed by atoms with van der Waals surface area (Å²) in [5.41, 5.74) is 0. The van der Waals surface area contributed by atoms with Crippen molar-refractivity contribution in [2.45, 2.75) is 71.0 Å². The van der Waals surface area contributed by atoms with Crippen LogP contribution in [0.5, 0.6) is 0 Å². The fourth-order valence-electron chi connectivity index (χ4n) is 3.52. The first-order chi connectivity index (χ1) is 9.08. The Labute approximate surface area is 120 Å². The van der Waals surface area contributed by atoms with E-state index in [1.54, 1.807) is 0 Å². The molecule has 0 heterocycles. The molecular weight excluding hydrogens is 234 g/mol. The minimum absolute atomic E-state index is 0.671. The molecular formula is C16H35N3. The lowest BCUT2D eigenvalue weighted by Crippen LogP contribution is -2.49. The molecule has 0 aromatic carbocycles. The van der Waals surface area contributed by atoms with Crippen LogP contribution in [0.4, 0.5) is 0 Å². The molecule has 0 aromatic rings. The van der Waals surface area contributed by atoms with Crippen molar-refractivity contribution in [1.82, 2.24) is 15.1 Å². The second-order valence-corrected chi connectivity index (χ2v) is 6.40. The molecule has 1 N–H and O–H groups in total. The summed E-state index contributed by atoms with van der Waals surface area (Å²) in [7, 11) is 4.35. The molecule has 0 aromatic heterocycles. The third-order valence-electron chi connectivity index (χ3n) is 4.41. The van der Waals surface area contributed by atoms with Gasteiger partial charge in [0.05, 0.1) is 0 Å². The van der Waals surface area contributed by atoms with E-state index in [9.17, 15) is 0 Å². The Bertz CT molecular complexity index is 222. The first-order valence-corrected chi connectivity index (χ1v) is 8.22. The fraction of sp³-hybridized carbons (Fsp3) is 1.00. The van der Waals surface area contributed by atoms with Crippen molar-refractivity contribution in [3.63, 3.8) is 0 Å². The molecule has 1 rings (SSSR count). The van der Waals surface area contributed by atoms with Crippen molar-refractivity contribution in [2.24, 2.45) is 0 Å². The average Bonchev–Trinajstić information content (AvgIpc) is 2.38. The monoisotopic (exact) mass is 269 g/mol. The Morgan fingerprint density at radius 3 is 2.21 bits per heavy atom. The third kappa shape index (κ3) is 5.80. The predicted octanol–water partition coefficient (Wildman–Crippen LogP) is 2.57. The van der Waals surface area contributed by atoms with E-state index in [1.165, 1.54) is 51.7 Å². The van der Waals surface area contributed by atoms with Crippen molar-refractivity contribution < 1.29 is 0 Å². The van der Waals surface area contributed by atoms with Gasteiger partial charge in [-0.15, -0.1) is 0 Å². The normalized spacial score (nSPS) is 26.1. The number of rotatable bonds is 8.